The number of hydrogen-bond donors (Lipinski definition) is 0. The van der Waals surface area contributed by atoms with Crippen molar-refractivity contribution in [2.24, 2.45) is 35.5 Å². The fraction of sp³-hybridized carbons (Fsp3) is 1.00. The molecule has 3 aliphatic carbocycles. The van der Waals surface area contributed by atoms with Gasteiger partial charge in [-0.1, -0.05) is 46.0 Å². The average Bonchev–Trinajstić information content (AvgIpc) is 2.28. The molecule has 92 valence electrons. The minimum absolute atomic E-state index is 1.01. The summed E-state index contributed by atoms with van der Waals surface area (Å²) in [6.07, 6.45) is 12.5. The van der Waals surface area contributed by atoms with Gasteiger partial charge in [-0.25, -0.2) is 0 Å². The van der Waals surface area contributed by atoms with E-state index in [1.54, 1.807) is 38.5 Å². The third-order valence-corrected chi connectivity index (χ3v) is 6.15. The third-order valence-electron chi connectivity index (χ3n) is 6.15. The molecule has 0 aromatic rings. The van der Waals surface area contributed by atoms with E-state index in [1.165, 1.54) is 12.8 Å². The summed E-state index contributed by atoms with van der Waals surface area (Å²) >= 11 is 0. The Bertz CT molecular complexity index is 244. The van der Waals surface area contributed by atoms with Crippen LogP contribution in [0.5, 0.6) is 0 Å². The van der Waals surface area contributed by atoms with Gasteiger partial charge in [-0.2, -0.15) is 0 Å². The molecule has 6 unspecified atom stereocenters. The molecular weight excluding hydrogens is 192 g/mol. The fourth-order valence-corrected chi connectivity index (χ4v) is 5.20. The van der Waals surface area contributed by atoms with Crippen molar-refractivity contribution in [2.75, 3.05) is 0 Å². The van der Waals surface area contributed by atoms with Crippen molar-refractivity contribution in [3.05, 3.63) is 0 Å². The van der Waals surface area contributed by atoms with Crippen LogP contribution in [0.15, 0.2) is 0 Å². The van der Waals surface area contributed by atoms with Gasteiger partial charge in [-0.15, -0.1) is 0 Å². The van der Waals surface area contributed by atoms with Crippen LogP contribution in [0.1, 0.15) is 65.2 Å². The highest BCUT2D eigenvalue weighted by molar-refractivity contribution is 4.92. The maximum atomic E-state index is 2.55. The van der Waals surface area contributed by atoms with Gasteiger partial charge in [0, 0.05) is 0 Å². The lowest BCUT2D eigenvalue weighted by Crippen LogP contribution is -2.39. The van der Waals surface area contributed by atoms with Crippen LogP contribution < -0.4 is 0 Å². The Kier molecular flexibility index (Phi) is 3.02. The van der Waals surface area contributed by atoms with Crippen molar-refractivity contribution in [2.45, 2.75) is 65.2 Å². The molecule has 4 bridgehead atoms. The SMILES string of the molecule is CC1CCC(C)C2CC(C1)C1CCCC2C1. The average molecular weight is 220 g/mol. The van der Waals surface area contributed by atoms with E-state index in [9.17, 15) is 0 Å². The Hall–Kier alpha value is 0. The molecule has 0 nitrogen and oxygen atoms in total. The molecule has 0 aromatic carbocycles. The third kappa shape index (κ3) is 1.93. The molecule has 0 aliphatic heterocycles. The van der Waals surface area contributed by atoms with Crippen molar-refractivity contribution in [1.82, 2.24) is 0 Å². The molecule has 0 N–H and O–H groups in total. The molecule has 3 rings (SSSR count). The van der Waals surface area contributed by atoms with Crippen molar-refractivity contribution < 1.29 is 0 Å². The summed E-state index contributed by atoms with van der Waals surface area (Å²) in [5.74, 6) is 6.50. The number of rotatable bonds is 0. The van der Waals surface area contributed by atoms with Gasteiger partial charge in [0.15, 0.2) is 0 Å². The normalized spacial score (nSPS) is 52.9. The first-order valence-electron chi connectivity index (χ1n) is 7.74. The van der Waals surface area contributed by atoms with Gasteiger partial charge < -0.3 is 0 Å². The van der Waals surface area contributed by atoms with E-state index in [0.717, 1.165) is 35.5 Å². The van der Waals surface area contributed by atoms with Crippen LogP contribution in [-0.4, -0.2) is 0 Å². The molecule has 6 atom stereocenters. The predicted octanol–water partition coefficient (Wildman–Crippen LogP) is 4.89. The summed E-state index contributed by atoms with van der Waals surface area (Å²) in [4.78, 5) is 0. The molecule has 0 heterocycles. The lowest BCUT2D eigenvalue weighted by molar-refractivity contribution is 0.0112. The molecule has 0 aromatic heterocycles. The summed E-state index contributed by atoms with van der Waals surface area (Å²) in [6, 6.07) is 0. The second-order valence-electron chi connectivity index (χ2n) is 7.24. The smallest absolute Gasteiger partial charge is 0.0357 e. The van der Waals surface area contributed by atoms with Crippen LogP contribution >= 0.6 is 0 Å². The zero-order chi connectivity index (χ0) is 11.1. The minimum atomic E-state index is 1.01. The Morgan fingerprint density at radius 2 is 1.50 bits per heavy atom. The molecule has 16 heavy (non-hydrogen) atoms. The molecule has 0 heteroatoms. The summed E-state index contributed by atoms with van der Waals surface area (Å²) in [6.45, 7) is 5.05. The van der Waals surface area contributed by atoms with E-state index in [-0.39, 0.29) is 0 Å². The Morgan fingerprint density at radius 1 is 0.688 bits per heavy atom. The van der Waals surface area contributed by atoms with Gasteiger partial charge >= 0.3 is 0 Å². The maximum absolute atomic E-state index is 2.55. The Morgan fingerprint density at radius 3 is 2.38 bits per heavy atom. The molecule has 0 spiro atoms. The summed E-state index contributed by atoms with van der Waals surface area (Å²) < 4.78 is 0. The van der Waals surface area contributed by atoms with E-state index in [4.69, 9.17) is 0 Å². The molecule has 0 radical (unpaired) electrons. The molecule has 3 fully saturated rings. The van der Waals surface area contributed by atoms with E-state index < -0.39 is 0 Å². The van der Waals surface area contributed by atoms with E-state index >= 15 is 0 Å². The van der Waals surface area contributed by atoms with Gasteiger partial charge in [-0.3, -0.25) is 0 Å². The second kappa shape index (κ2) is 4.35. The molecule has 0 saturated heterocycles. The highest BCUT2D eigenvalue weighted by atomic mass is 14.5. The van der Waals surface area contributed by atoms with Crippen molar-refractivity contribution in [1.29, 1.82) is 0 Å². The Labute approximate surface area is 101 Å². The lowest BCUT2D eigenvalue weighted by atomic mass is 9.56. The molecular formula is C16H28. The molecule has 3 saturated carbocycles. The minimum Gasteiger partial charge on any atom is -0.0625 e. The Balaban J connectivity index is 1.81. The predicted molar refractivity (Wildman–Crippen MR) is 69.2 cm³/mol. The monoisotopic (exact) mass is 220 g/mol. The fourth-order valence-electron chi connectivity index (χ4n) is 5.20. The summed E-state index contributed by atoms with van der Waals surface area (Å²) in [7, 11) is 0. The maximum Gasteiger partial charge on any atom is -0.0357 e. The largest absolute Gasteiger partial charge is 0.0625 e. The quantitative estimate of drug-likeness (QED) is 0.545. The standard InChI is InChI=1S/C16H28/c1-11-6-7-12(2)16-10-15(8-11)13-4-3-5-14(16)9-13/h11-16H,3-10H2,1-2H3. The lowest BCUT2D eigenvalue weighted by Gasteiger charge is -2.49. The summed E-state index contributed by atoms with van der Waals surface area (Å²) in [5.41, 5.74) is 0. The topological polar surface area (TPSA) is 0 Å². The van der Waals surface area contributed by atoms with Gasteiger partial charge in [0.1, 0.15) is 0 Å². The number of hydrogen-bond acceptors (Lipinski definition) is 0. The van der Waals surface area contributed by atoms with Crippen LogP contribution in [0.25, 0.3) is 0 Å². The van der Waals surface area contributed by atoms with Crippen LogP contribution in [-0.2, 0) is 0 Å². The van der Waals surface area contributed by atoms with Gasteiger partial charge in [0.05, 0.1) is 0 Å². The zero-order valence-corrected chi connectivity index (χ0v) is 11.1. The van der Waals surface area contributed by atoms with E-state index in [0.29, 0.717) is 0 Å². The van der Waals surface area contributed by atoms with E-state index in [2.05, 4.69) is 13.8 Å². The second-order valence-corrected chi connectivity index (χ2v) is 7.24. The highest BCUT2D eigenvalue weighted by Gasteiger charge is 2.42. The van der Waals surface area contributed by atoms with Gasteiger partial charge in [-0.05, 0) is 54.8 Å². The van der Waals surface area contributed by atoms with Crippen LogP contribution in [0.4, 0.5) is 0 Å². The summed E-state index contributed by atoms with van der Waals surface area (Å²) in [5, 5.41) is 0. The molecule has 3 aliphatic rings. The highest BCUT2D eigenvalue weighted by Crippen LogP contribution is 2.52. The van der Waals surface area contributed by atoms with Crippen LogP contribution in [0.3, 0.4) is 0 Å². The van der Waals surface area contributed by atoms with Crippen molar-refractivity contribution in [3.63, 3.8) is 0 Å². The molecule has 0 amide bonds. The van der Waals surface area contributed by atoms with Crippen molar-refractivity contribution >= 4 is 0 Å². The first-order valence-corrected chi connectivity index (χ1v) is 7.74. The first-order chi connectivity index (χ1) is 7.74. The number of fused-ring (bicyclic) bond motifs is 6. The zero-order valence-electron chi connectivity index (χ0n) is 11.1. The van der Waals surface area contributed by atoms with Crippen LogP contribution in [0.2, 0.25) is 0 Å². The van der Waals surface area contributed by atoms with E-state index in [1.807, 2.05) is 0 Å². The van der Waals surface area contributed by atoms with Gasteiger partial charge in [0.25, 0.3) is 0 Å². The van der Waals surface area contributed by atoms with Crippen LogP contribution in [0, 0.1) is 35.5 Å². The first kappa shape index (κ1) is 11.1. The van der Waals surface area contributed by atoms with Gasteiger partial charge in [0.2, 0.25) is 0 Å². The van der Waals surface area contributed by atoms with Crippen molar-refractivity contribution in [3.8, 4) is 0 Å².